The Kier molecular flexibility index (Phi) is 3.53. The molecule has 0 spiro atoms. The Labute approximate surface area is 139 Å². The van der Waals surface area contributed by atoms with Gasteiger partial charge in [0.05, 0.1) is 17.4 Å². The molecule has 4 rings (SSSR count). The topological polar surface area (TPSA) is 87.5 Å². The van der Waals surface area contributed by atoms with Crippen molar-refractivity contribution in [2.45, 2.75) is 13.0 Å². The molecule has 7 nitrogen and oxygen atoms in total. The molecule has 2 aliphatic rings. The van der Waals surface area contributed by atoms with Gasteiger partial charge in [-0.25, -0.2) is 4.98 Å². The highest BCUT2D eigenvalue weighted by Gasteiger charge is 2.55. The summed E-state index contributed by atoms with van der Waals surface area (Å²) in [5.41, 5.74) is 1.11. The third-order valence-electron chi connectivity index (χ3n) is 5.40. The second-order valence-corrected chi connectivity index (χ2v) is 6.74. The maximum Gasteiger partial charge on any atom is 0.313 e. The van der Waals surface area contributed by atoms with Gasteiger partial charge in [-0.05, 0) is 12.1 Å². The number of carboxylic acids is 1. The van der Waals surface area contributed by atoms with Crippen molar-refractivity contribution in [3.05, 3.63) is 30.6 Å². The minimum Gasteiger partial charge on any atom is -0.481 e. The van der Waals surface area contributed by atoms with Gasteiger partial charge in [-0.15, -0.1) is 0 Å². The van der Waals surface area contributed by atoms with E-state index < -0.39 is 11.4 Å². The van der Waals surface area contributed by atoms with Crippen LogP contribution in [0, 0.1) is 11.3 Å². The number of benzene rings is 1. The van der Waals surface area contributed by atoms with Crippen LogP contribution in [0.3, 0.4) is 0 Å². The van der Waals surface area contributed by atoms with Crippen LogP contribution in [0.5, 0.6) is 0 Å². The van der Waals surface area contributed by atoms with Gasteiger partial charge in [0.1, 0.15) is 5.41 Å². The average molecular weight is 328 g/mol. The summed E-state index contributed by atoms with van der Waals surface area (Å²) in [5, 5.41) is 12.7. The number of nitrogens with one attached hydrogen (secondary N) is 1. The molecule has 2 aliphatic heterocycles. The standard InChI is InChI=1S/C17H20N4O3/c22-15(5-6-20-11-19-13-3-1-2-4-14(13)20)21-8-12-7-18-9-17(12,10-21)16(23)24/h1-4,11-12,18H,5-10H2,(H,23,24)/t12-,17-/m0/s1. The molecular weight excluding hydrogens is 308 g/mol. The zero-order valence-corrected chi connectivity index (χ0v) is 13.3. The third kappa shape index (κ3) is 2.27. The number of aryl methyl sites for hydroxylation is 1. The summed E-state index contributed by atoms with van der Waals surface area (Å²) in [4.78, 5) is 30.3. The van der Waals surface area contributed by atoms with E-state index in [0.717, 1.165) is 11.0 Å². The number of hydrogen-bond donors (Lipinski definition) is 2. The van der Waals surface area contributed by atoms with E-state index in [1.807, 2.05) is 28.8 Å². The Hall–Kier alpha value is -2.41. The highest BCUT2D eigenvalue weighted by Crippen LogP contribution is 2.39. The van der Waals surface area contributed by atoms with Crippen LogP contribution in [-0.4, -0.2) is 57.6 Å². The third-order valence-corrected chi connectivity index (χ3v) is 5.40. The smallest absolute Gasteiger partial charge is 0.313 e. The number of aromatic nitrogens is 2. The van der Waals surface area contributed by atoms with Gasteiger partial charge < -0.3 is 19.9 Å². The molecule has 0 aliphatic carbocycles. The van der Waals surface area contributed by atoms with Crippen molar-refractivity contribution in [3.8, 4) is 0 Å². The number of hydrogen-bond acceptors (Lipinski definition) is 4. The highest BCUT2D eigenvalue weighted by atomic mass is 16.4. The van der Waals surface area contributed by atoms with Gasteiger partial charge >= 0.3 is 5.97 Å². The molecule has 2 fully saturated rings. The molecule has 0 unspecified atom stereocenters. The molecule has 3 heterocycles. The van der Waals surface area contributed by atoms with Crippen molar-refractivity contribution in [3.63, 3.8) is 0 Å². The van der Waals surface area contributed by atoms with E-state index in [2.05, 4.69) is 10.3 Å². The van der Waals surface area contributed by atoms with Crippen LogP contribution in [0.25, 0.3) is 11.0 Å². The normalized spacial score (nSPS) is 26.0. The van der Waals surface area contributed by atoms with Gasteiger partial charge in [0, 0.05) is 45.1 Å². The number of amides is 1. The first-order valence-electron chi connectivity index (χ1n) is 8.22. The maximum atomic E-state index is 12.6. The largest absolute Gasteiger partial charge is 0.481 e. The van der Waals surface area contributed by atoms with E-state index in [9.17, 15) is 14.7 Å². The molecule has 1 aromatic heterocycles. The van der Waals surface area contributed by atoms with Crippen LogP contribution in [0.2, 0.25) is 0 Å². The van der Waals surface area contributed by atoms with E-state index >= 15 is 0 Å². The van der Waals surface area contributed by atoms with Crippen LogP contribution >= 0.6 is 0 Å². The molecule has 126 valence electrons. The number of imidazole rings is 1. The lowest BCUT2D eigenvalue weighted by Crippen LogP contribution is -2.41. The first kappa shape index (κ1) is 15.1. The number of likely N-dealkylation sites (tertiary alicyclic amines) is 1. The molecule has 2 aromatic rings. The minimum atomic E-state index is -0.808. The molecule has 2 N–H and O–H groups in total. The monoisotopic (exact) mass is 328 g/mol. The molecule has 1 aromatic carbocycles. The predicted octanol–water partition coefficient (Wildman–Crippen LogP) is 0.559. The van der Waals surface area contributed by atoms with Gasteiger partial charge in [-0.1, -0.05) is 12.1 Å². The van der Waals surface area contributed by atoms with E-state index in [1.54, 1.807) is 11.2 Å². The molecular formula is C17H20N4O3. The first-order chi connectivity index (χ1) is 11.6. The van der Waals surface area contributed by atoms with Crippen LogP contribution in [-0.2, 0) is 16.1 Å². The van der Waals surface area contributed by atoms with E-state index in [0.29, 0.717) is 39.1 Å². The number of aliphatic carboxylic acids is 1. The molecule has 2 atom stereocenters. The number of carbonyl (C=O) groups excluding carboxylic acids is 1. The van der Waals surface area contributed by atoms with Crippen LogP contribution < -0.4 is 5.32 Å². The number of para-hydroxylation sites is 2. The Morgan fingerprint density at radius 2 is 2.21 bits per heavy atom. The molecule has 24 heavy (non-hydrogen) atoms. The predicted molar refractivity (Wildman–Crippen MR) is 87.4 cm³/mol. The molecule has 1 amide bonds. The van der Waals surface area contributed by atoms with Crippen LogP contribution in [0.1, 0.15) is 6.42 Å². The Bertz CT molecular complexity index is 802. The number of fused-ring (bicyclic) bond motifs is 2. The highest BCUT2D eigenvalue weighted by molar-refractivity contribution is 5.82. The fourth-order valence-electron chi connectivity index (χ4n) is 3.98. The SMILES string of the molecule is O=C(CCn1cnc2ccccc21)N1C[C@@H]2CNC[C@]2(C(=O)O)C1. The Morgan fingerprint density at radius 1 is 1.38 bits per heavy atom. The van der Waals surface area contributed by atoms with E-state index in [4.69, 9.17) is 0 Å². The molecule has 0 saturated carbocycles. The summed E-state index contributed by atoms with van der Waals surface area (Å²) in [6, 6.07) is 7.82. The summed E-state index contributed by atoms with van der Waals surface area (Å²) in [5.74, 6) is -0.774. The van der Waals surface area contributed by atoms with Crippen molar-refractivity contribution in [1.82, 2.24) is 19.8 Å². The molecule has 2 saturated heterocycles. The second-order valence-electron chi connectivity index (χ2n) is 6.74. The lowest BCUT2D eigenvalue weighted by Gasteiger charge is -2.22. The van der Waals surface area contributed by atoms with Gasteiger partial charge in [0.15, 0.2) is 0 Å². The summed E-state index contributed by atoms with van der Waals surface area (Å²) in [6.07, 6.45) is 2.11. The van der Waals surface area contributed by atoms with E-state index in [1.165, 1.54) is 0 Å². The minimum absolute atomic E-state index is 0.00743. The zero-order valence-electron chi connectivity index (χ0n) is 13.3. The second kappa shape index (κ2) is 5.59. The fourth-order valence-corrected chi connectivity index (χ4v) is 3.98. The Balaban J connectivity index is 1.43. The summed E-state index contributed by atoms with van der Waals surface area (Å²) in [7, 11) is 0. The number of carbonyl (C=O) groups is 2. The molecule has 0 bridgehead atoms. The quantitative estimate of drug-likeness (QED) is 0.856. The number of nitrogens with zero attached hydrogens (tertiary/aromatic N) is 3. The zero-order chi connectivity index (χ0) is 16.7. The lowest BCUT2D eigenvalue weighted by atomic mass is 9.81. The van der Waals surface area contributed by atoms with Crippen LogP contribution in [0.4, 0.5) is 0 Å². The van der Waals surface area contributed by atoms with E-state index in [-0.39, 0.29) is 11.8 Å². The fraction of sp³-hybridized carbons (Fsp3) is 0.471. The first-order valence-corrected chi connectivity index (χ1v) is 8.22. The van der Waals surface area contributed by atoms with Gasteiger partial charge in [0.25, 0.3) is 0 Å². The van der Waals surface area contributed by atoms with Crippen molar-refractivity contribution in [1.29, 1.82) is 0 Å². The average Bonchev–Trinajstić information content (AvgIpc) is 3.25. The Morgan fingerprint density at radius 3 is 3.00 bits per heavy atom. The van der Waals surface area contributed by atoms with Crippen molar-refractivity contribution < 1.29 is 14.7 Å². The van der Waals surface area contributed by atoms with Gasteiger partial charge in [-0.3, -0.25) is 9.59 Å². The van der Waals surface area contributed by atoms with Crippen molar-refractivity contribution in [2.24, 2.45) is 11.3 Å². The maximum absolute atomic E-state index is 12.6. The van der Waals surface area contributed by atoms with Crippen molar-refractivity contribution in [2.75, 3.05) is 26.2 Å². The summed E-state index contributed by atoms with van der Waals surface area (Å²) >= 11 is 0. The lowest BCUT2D eigenvalue weighted by molar-refractivity contribution is -0.148. The molecule has 7 heteroatoms. The van der Waals surface area contributed by atoms with Crippen molar-refractivity contribution >= 4 is 22.9 Å². The van der Waals surface area contributed by atoms with Gasteiger partial charge in [-0.2, -0.15) is 0 Å². The molecule has 0 radical (unpaired) electrons. The number of carboxylic acid groups (broad SMARTS) is 1. The van der Waals surface area contributed by atoms with Crippen LogP contribution in [0.15, 0.2) is 30.6 Å². The number of rotatable bonds is 4. The summed E-state index contributed by atoms with van der Waals surface area (Å²) in [6.45, 7) is 2.51. The van der Waals surface area contributed by atoms with Gasteiger partial charge in [0.2, 0.25) is 5.91 Å². The summed E-state index contributed by atoms with van der Waals surface area (Å²) < 4.78 is 1.97.